The summed E-state index contributed by atoms with van der Waals surface area (Å²) in [6.07, 6.45) is 3.09. The van der Waals surface area contributed by atoms with Crippen molar-refractivity contribution in [1.29, 1.82) is 0 Å². The predicted octanol–water partition coefficient (Wildman–Crippen LogP) is 4.85. The molecule has 2 aromatic rings. The number of halogens is 1. The molecular formula is C19H22FNOS. The molecule has 1 unspecified atom stereocenters. The molecule has 0 radical (unpaired) electrons. The van der Waals surface area contributed by atoms with Crippen molar-refractivity contribution >= 4 is 17.4 Å². The van der Waals surface area contributed by atoms with Gasteiger partial charge in [0.1, 0.15) is 11.6 Å². The molecule has 0 fully saturated rings. The molecule has 122 valence electrons. The third kappa shape index (κ3) is 3.63. The van der Waals surface area contributed by atoms with E-state index in [1.807, 2.05) is 18.2 Å². The monoisotopic (exact) mass is 331 g/mol. The van der Waals surface area contributed by atoms with Gasteiger partial charge in [-0.05, 0) is 49.9 Å². The molecule has 4 heteroatoms. The van der Waals surface area contributed by atoms with Gasteiger partial charge in [0, 0.05) is 23.2 Å². The maximum absolute atomic E-state index is 13.7. The largest absolute Gasteiger partial charge is 0.506 e. The molecule has 0 amide bonds. The van der Waals surface area contributed by atoms with Crippen LogP contribution in [0.2, 0.25) is 0 Å². The third-order valence-corrected chi connectivity index (χ3v) is 5.47. The van der Waals surface area contributed by atoms with Crippen molar-refractivity contribution in [1.82, 2.24) is 0 Å². The molecule has 2 nitrogen and oxygen atoms in total. The number of rotatable bonds is 5. The van der Waals surface area contributed by atoms with Gasteiger partial charge in [0.05, 0.1) is 5.69 Å². The lowest BCUT2D eigenvalue weighted by Gasteiger charge is -2.36. The average Bonchev–Trinajstić information content (AvgIpc) is 2.56. The topological polar surface area (TPSA) is 23.5 Å². The van der Waals surface area contributed by atoms with Crippen LogP contribution >= 0.6 is 11.8 Å². The first-order valence-electron chi connectivity index (χ1n) is 8.11. The first-order valence-corrected chi connectivity index (χ1v) is 9.10. The highest BCUT2D eigenvalue weighted by Crippen LogP contribution is 2.37. The quantitative estimate of drug-likeness (QED) is 0.792. The summed E-state index contributed by atoms with van der Waals surface area (Å²) < 4.78 is 13.7. The van der Waals surface area contributed by atoms with E-state index in [1.54, 1.807) is 23.9 Å². The van der Waals surface area contributed by atoms with Gasteiger partial charge in [-0.1, -0.05) is 24.3 Å². The molecular weight excluding hydrogens is 309 g/mol. The molecule has 1 heterocycles. The van der Waals surface area contributed by atoms with Gasteiger partial charge in [-0.25, -0.2) is 4.39 Å². The van der Waals surface area contributed by atoms with Crippen LogP contribution in [-0.4, -0.2) is 23.4 Å². The molecule has 0 saturated heterocycles. The van der Waals surface area contributed by atoms with Crippen LogP contribution in [0.5, 0.6) is 5.75 Å². The zero-order valence-electron chi connectivity index (χ0n) is 13.3. The maximum Gasteiger partial charge on any atom is 0.139 e. The lowest BCUT2D eigenvalue weighted by Crippen LogP contribution is -2.37. The number of para-hydroxylation sites is 1. The van der Waals surface area contributed by atoms with Crippen LogP contribution in [0.4, 0.5) is 10.1 Å². The van der Waals surface area contributed by atoms with Crippen molar-refractivity contribution in [3.05, 3.63) is 53.8 Å². The van der Waals surface area contributed by atoms with E-state index in [1.165, 1.54) is 11.6 Å². The number of hydrogen-bond acceptors (Lipinski definition) is 3. The van der Waals surface area contributed by atoms with E-state index in [0.717, 1.165) is 37.2 Å². The number of phenolic OH excluding ortho intramolecular Hbond substituents is 1. The fraction of sp³-hybridized carbons (Fsp3) is 0.368. The van der Waals surface area contributed by atoms with Crippen LogP contribution in [0.3, 0.4) is 0 Å². The number of hydrogen-bond donors (Lipinski definition) is 1. The Hall–Kier alpha value is -1.68. The summed E-state index contributed by atoms with van der Waals surface area (Å²) >= 11 is 1.56. The van der Waals surface area contributed by atoms with E-state index in [9.17, 15) is 9.50 Å². The summed E-state index contributed by atoms with van der Waals surface area (Å²) in [5, 5.41) is 10.2. The number of aryl methyl sites for hydroxylation is 1. The Labute approximate surface area is 141 Å². The molecule has 1 aliphatic heterocycles. The first kappa shape index (κ1) is 16.2. The van der Waals surface area contributed by atoms with Gasteiger partial charge in [0.2, 0.25) is 0 Å². The number of anilines is 1. The van der Waals surface area contributed by atoms with Crippen LogP contribution in [-0.2, 0) is 6.42 Å². The molecule has 1 N–H and O–H groups in total. The van der Waals surface area contributed by atoms with Crippen molar-refractivity contribution in [2.45, 2.75) is 37.1 Å². The van der Waals surface area contributed by atoms with E-state index in [0.29, 0.717) is 16.7 Å². The van der Waals surface area contributed by atoms with Gasteiger partial charge >= 0.3 is 0 Å². The summed E-state index contributed by atoms with van der Waals surface area (Å²) in [6.45, 7) is 3.15. The number of phenols is 1. The summed E-state index contributed by atoms with van der Waals surface area (Å²) in [6, 6.07) is 13.0. The first-order chi connectivity index (χ1) is 11.2. The van der Waals surface area contributed by atoms with E-state index >= 15 is 0 Å². The Morgan fingerprint density at radius 2 is 2.04 bits per heavy atom. The molecule has 23 heavy (non-hydrogen) atoms. The molecule has 2 aromatic carbocycles. The van der Waals surface area contributed by atoms with Crippen LogP contribution in [0.15, 0.2) is 47.4 Å². The molecule has 0 bridgehead atoms. The second-order valence-electron chi connectivity index (χ2n) is 6.00. The molecule has 3 rings (SSSR count). The minimum absolute atomic E-state index is 0.147. The van der Waals surface area contributed by atoms with Crippen LogP contribution in [0, 0.1) is 5.82 Å². The highest BCUT2D eigenvalue weighted by Gasteiger charge is 2.23. The van der Waals surface area contributed by atoms with Crippen molar-refractivity contribution in [2.24, 2.45) is 0 Å². The number of thioether (sulfide) groups is 1. The van der Waals surface area contributed by atoms with Crippen LogP contribution < -0.4 is 4.90 Å². The van der Waals surface area contributed by atoms with Gasteiger partial charge in [0.15, 0.2) is 0 Å². The third-order valence-electron chi connectivity index (χ3n) is 4.39. The second kappa shape index (κ2) is 7.26. The van der Waals surface area contributed by atoms with Crippen LogP contribution in [0.1, 0.15) is 25.3 Å². The maximum atomic E-state index is 13.7. The standard InChI is InChI=1S/C19H22FNOS/c1-14(11-13-23-18-10-3-2-8-16(18)20)21-12-5-7-15-6-4-9-17(22)19(15)21/h2-4,6,8-10,14,22H,5,7,11-13H2,1H3. The normalized spacial score (nSPS) is 15.3. The van der Waals surface area contributed by atoms with E-state index < -0.39 is 0 Å². The Morgan fingerprint density at radius 1 is 1.22 bits per heavy atom. The van der Waals surface area contributed by atoms with Crippen molar-refractivity contribution in [3.8, 4) is 5.75 Å². The van der Waals surface area contributed by atoms with Crippen molar-refractivity contribution < 1.29 is 9.50 Å². The Kier molecular flexibility index (Phi) is 5.11. The average molecular weight is 331 g/mol. The smallest absolute Gasteiger partial charge is 0.139 e. The second-order valence-corrected chi connectivity index (χ2v) is 7.14. The zero-order valence-corrected chi connectivity index (χ0v) is 14.2. The molecule has 1 aliphatic rings. The van der Waals surface area contributed by atoms with E-state index in [-0.39, 0.29) is 5.82 Å². The fourth-order valence-electron chi connectivity index (χ4n) is 3.16. The zero-order chi connectivity index (χ0) is 16.2. The van der Waals surface area contributed by atoms with Crippen molar-refractivity contribution in [3.63, 3.8) is 0 Å². The Balaban J connectivity index is 1.64. The number of nitrogens with zero attached hydrogens (tertiary/aromatic N) is 1. The summed E-state index contributed by atoms with van der Waals surface area (Å²) in [7, 11) is 0. The molecule has 0 aromatic heterocycles. The van der Waals surface area contributed by atoms with Gasteiger partial charge < -0.3 is 10.0 Å². The van der Waals surface area contributed by atoms with Gasteiger partial charge in [-0.15, -0.1) is 11.8 Å². The minimum Gasteiger partial charge on any atom is -0.506 e. The lowest BCUT2D eigenvalue weighted by atomic mass is 9.99. The summed E-state index contributed by atoms with van der Waals surface area (Å²) in [4.78, 5) is 3.01. The number of benzene rings is 2. The minimum atomic E-state index is -0.147. The number of aromatic hydroxyl groups is 1. The van der Waals surface area contributed by atoms with Gasteiger partial charge in [-0.2, -0.15) is 0 Å². The van der Waals surface area contributed by atoms with E-state index in [2.05, 4.69) is 17.9 Å². The summed E-state index contributed by atoms with van der Waals surface area (Å²) in [5.41, 5.74) is 2.21. The van der Waals surface area contributed by atoms with Crippen molar-refractivity contribution in [2.75, 3.05) is 17.2 Å². The fourth-order valence-corrected chi connectivity index (χ4v) is 4.22. The highest BCUT2D eigenvalue weighted by molar-refractivity contribution is 7.99. The lowest BCUT2D eigenvalue weighted by molar-refractivity contribution is 0.464. The van der Waals surface area contributed by atoms with Gasteiger partial charge in [0.25, 0.3) is 0 Å². The highest BCUT2D eigenvalue weighted by atomic mass is 32.2. The SMILES string of the molecule is CC(CCSc1ccccc1F)N1CCCc2cccc(O)c21. The predicted molar refractivity (Wildman–Crippen MR) is 95.0 cm³/mol. The molecule has 0 saturated carbocycles. The molecule has 0 aliphatic carbocycles. The Morgan fingerprint density at radius 3 is 2.87 bits per heavy atom. The van der Waals surface area contributed by atoms with Gasteiger partial charge in [-0.3, -0.25) is 0 Å². The number of fused-ring (bicyclic) bond motifs is 1. The summed E-state index contributed by atoms with van der Waals surface area (Å²) in [5.74, 6) is 1.09. The Bertz CT molecular complexity index is 676. The molecule has 1 atom stereocenters. The molecule has 0 spiro atoms. The van der Waals surface area contributed by atoms with E-state index in [4.69, 9.17) is 0 Å². The van der Waals surface area contributed by atoms with Crippen LogP contribution in [0.25, 0.3) is 0 Å².